The zero-order valence-electron chi connectivity index (χ0n) is 9.42. The number of aromatic nitrogens is 3. The van der Waals surface area contributed by atoms with Crippen LogP contribution in [0.2, 0.25) is 5.15 Å². The Morgan fingerprint density at radius 3 is 2.94 bits per heavy atom. The molecule has 0 amide bonds. The van der Waals surface area contributed by atoms with Gasteiger partial charge < -0.3 is 5.32 Å². The Morgan fingerprint density at radius 1 is 1.56 bits per heavy atom. The fraction of sp³-hybridized carbons (Fsp3) is 0.200. The minimum absolute atomic E-state index is 0.0751. The summed E-state index contributed by atoms with van der Waals surface area (Å²) < 4.78 is 0. The lowest BCUT2D eigenvalue weighted by molar-refractivity contribution is -0.384. The van der Waals surface area contributed by atoms with E-state index in [0.717, 1.165) is 5.56 Å². The Hall–Kier alpha value is -2.15. The van der Waals surface area contributed by atoms with E-state index in [1.54, 1.807) is 12.4 Å². The van der Waals surface area contributed by atoms with Crippen molar-refractivity contribution in [3.05, 3.63) is 45.4 Å². The number of nitrogens with one attached hydrogen (secondary N) is 2. The van der Waals surface area contributed by atoms with Gasteiger partial charge in [0, 0.05) is 11.8 Å². The summed E-state index contributed by atoms with van der Waals surface area (Å²) in [7, 11) is 0. The van der Waals surface area contributed by atoms with Crippen LogP contribution in [0.1, 0.15) is 18.5 Å². The Kier molecular flexibility index (Phi) is 3.42. The summed E-state index contributed by atoms with van der Waals surface area (Å²) >= 11 is 5.73. The van der Waals surface area contributed by atoms with Crippen molar-refractivity contribution in [1.29, 1.82) is 0 Å². The van der Waals surface area contributed by atoms with E-state index in [9.17, 15) is 10.1 Å². The molecule has 0 saturated heterocycles. The highest BCUT2D eigenvalue weighted by molar-refractivity contribution is 6.29. The minimum atomic E-state index is -0.513. The SMILES string of the molecule is CC(Nc1cc([N+](=O)[O-])cc(Cl)n1)c1cn[nH]c1. The van der Waals surface area contributed by atoms with Crippen LogP contribution in [-0.4, -0.2) is 20.1 Å². The lowest BCUT2D eigenvalue weighted by atomic mass is 10.2. The number of rotatable bonds is 4. The van der Waals surface area contributed by atoms with Crippen LogP contribution in [0.5, 0.6) is 0 Å². The van der Waals surface area contributed by atoms with Gasteiger partial charge in [-0.1, -0.05) is 11.6 Å². The first-order chi connectivity index (χ1) is 8.56. The molecule has 7 nitrogen and oxygen atoms in total. The first-order valence-electron chi connectivity index (χ1n) is 5.13. The van der Waals surface area contributed by atoms with Gasteiger partial charge in [0.1, 0.15) is 11.0 Å². The van der Waals surface area contributed by atoms with E-state index in [0.29, 0.717) is 5.82 Å². The summed E-state index contributed by atoms with van der Waals surface area (Å²) in [6.45, 7) is 1.89. The summed E-state index contributed by atoms with van der Waals surface area (Å²) in [4.78, 5) is 14.2. The Bertz CT molecular complexity index is 557. The number of H-pyrrole nitrogens is 1. The smallest absolute Gasteiger partial charge is 0.276 e. The molecule has 0 aliphatic heterocycles. The molecule has 8 heteroatoms. The molecule has 0 saturated carbocycles. The highest BCUT2D eigenvalue weighted by atomic mass is 35.5. The maximum Gasteiger partial charge on any atom is 0.276 e. The molecule has 2 heterocycles. The summed E-state index contributed by atoms with van der Waals surface area (Å²) in [5, 5.41) is 20.3. The van der Waals surface area contributed by atoms with Gasteiger partial charge in [-0.25, -0.2) is 4.98 Å². The van der Waals surface area contributed by atoms with Gasteiger partial charge in [-0.2, -0.15) is 5.10 Å². The van der Waals surface area contributed by atoms with Gasteiger partial charge in [0.25, 0.3) is 5.69 Å². The van der Waals surface area contributed by atoms with Gasteiger partial charge in [-0.15, -0.1) is 0 Å². The van der Waals surface area contributed by atoms with Crippen LogP contribution in [0.4, 0.5) is 11.5 Å². The third-order valence-corrected chi connectivity index (χ3v) is 2.57. The molecule has 94 valence electrons. The van der Waals surface area contributed by atoms with Crippen molar-refractivity contribution >= 4 is 23.1 Å². The lowest BCUT2D eigenvalue weighted by Gasteiger charge is -2.12. The maximum absolute atomic E-state index is 10.7. The van der Waals surface area contributed by atoms with Crippen molar-refractivity contribution in [3.63, 3.8) is 0 Å². The van der Waals surface area contributed by atoms with E-state index < -0.39 is 4.92 Å². The van der Waals surface area contributed by atoms with Gasteiger partial charge in [-0.3, -0.25) is 15.2 Å². The molecule has 2 rings (SSSR count). The normalized spacial score (nSPS) is 12.1. The molecule has 2 aromatic rings. The van der Waals surface area contributed by atoms with Crippen molar-refractivity contribution in [1.82, 2.24) is 15.2 Å². The Labute approximate surface area is 107 Å². The van der Waals surface area contributed by atoms with Crippen LogP contribution in [0.25, 0.3) is 0 Å². The van der Waals surface area contributed by atoms with E-state index in [2.05, 4.69) is 20.5 Å². The van der Waals surface area contributed by atoms with E-state index >= 15 is 0 Å². The van der Waals surface area contributed by atoms with Crippen molar-refractivity contribution in [2.24, 2.45) is 0 Å². The van der Waals surface area contributed by atoms with Crippen LogP contribution >= 0.6 is 11.6 Å². The predicted octanol–water partition coefficient (Wildman–Crippen LogP) is 2.54. The Morgan fingerprint density at radius 2 is 2.33 bits per heavy atom. The number of pyridine rings is 1. The van der Waals surface area contributed by atoms with Gasteiger partial charge in [-0.05, 0) is 6.92 Å². The molecule has 0 fully saturated rings. The van der Waals surface area contributed by atoms with Crippen LogP contribution in [0, 0.1) is 10.1 Å². The topological polar surface area (TPSA) is 96.7 Å². The van der Waals surface area contributed by atoms with Gasteiger partial charge in [0.05, 0.1) is 29.3 Å². The molecule has 0 aliphatic carbocycles. The predicted molar refractivity (Wildman–Crippen MR) is 66.5 cm³/mol. The number of hydrogen-bond acceptors (Lipinski definition) is 5. The zero-order chi connectivity index (χ0) is 13.1. The second-order valence-corrected chi connectivity index (χ2v) is 4.08. The number of hydrogen-bond donors (Lipinski definition) is 2. The molecule has 0 bridgehead atoms. The standard InChI is InChI=1S/C10H10ClN5O2/c1-6(7-4-12-13-5-7)14-10-3-8(16(17)18)2-9(11)15-10/h2-6H,1H3,(H,12,13)(H,14,15). The quantitative estimate of drug-likeness (QED) is 0.504. The number of nitrogens with zero attached hydrogens (tertiary/aromatic N) is 3. The fourth-order valence-corrected chi connectivity index (χ4v) is 1.67. The molecular weight excluding hydrogens is 258 g/mol. The third-order valence-electron chi connectivity index (χ3n) is 2.37. The van der Waals surface area contributed by atoms with Gasteiger partial charge in [0.15, 0.2) is 0 Å². The molecule has 0 radical (unpaired) electrons. The molecule has 1 unspecified atom stereocenters. The number of anilines is 1. The summed E-state index contributed by atoms with van der Waals surface area (Å²) in [6.07, 6.45) is 3.40. The average molecular weight is 268 g/mol. The second-order valence-electron chi connectivity index (χ2n) is 3.69. The van der Waals surface area contributed by atoms with Crippen LogP contribution in [0.3, 0.4) is 0 Å². The second kappa shape index (κ2) is 5.01. The fourth-order valence-electron chi connectivity index (χ4n) is 1.47. The van der Waals surface area contributed by atoms with E-state index in [-0.39, 0.29) is 16.9 Å². The average Bonchev–Trinajstić information content (AvgIpc) is 2.81. The van der Waals surface area contributed by atoms with Crippen molar-refractivity contribution in [2.75, 3.05) is 5.32 Å². The number of halogens is 1. The highest BCUT2D eigenvalue weighted by Gasteiger charge is 2.13. The van der Waals surface area contributed by atoms with E-state index in [1.165, 1.54) is 12.1 Å². The van der Waals surface area contributed by atoms with Gasteiger partial charge in [0.2, 0.25) is 0 Å². The van der Waals surface area contributed by atoms with E-state index in [4.69, 9.17) is 11.6 Å². The molecular formula is C10H10ClN5O2. The first-order valence-corrected chi connectivity index (χ1v) is 5.51. The molecule has 18 heavy (non-hydrogen) atoms. The zero-order valence-corrected chi connectivity index (χ0v) is 10.2. The minimum Gasteiger partial charge on any atom is -0.363 e. The van der Waals surface area contributed by atoms with Crippen LogP contribution in [0.15, 0.2) is 24.5 Å². The van der Waals surface area contributed by atoms with Crippen LogP contribution < -0.4 is 5.32 Å². The lowest BCUT2D eigenvalue weighted by Crippen LogP contribution is -2.07. The van der Waals surface area contributed by atoms with Gasteiger partial charge >= 0.3 is 0 Å². The summed E-state index contributed by atoms with van der Waals surface area (Å²) in [5.74, 6) is 0.350. The first kappa shape index (κ1) is 12.3. The van der Waals surface area contributed by atoms with Crippen molar-refractivity contribution < 1.29 is 4.92 Å². The molecule has 0 aromatic carbocycles. The molecule has 2 aromatic heterocycles. The largest absolute Gasteiger partial charge is 0.363 e. The third kappa shape index (κ3) is 2.75. The molecule has 0 aliphatic rings. The van der Waals surface area contributed by atoms with Crippen LogP contribution in [-0.2, 0) is 0 Å². The summed E-state index contributed by atoms with van der Waals surface area (Å²) in [6, 6.07) is 2.45. The van der Waals surface area contributed by atoms with E-state index in [1.807, 2.05) is 6.92 Å². The summed E-state index contributed by atoms with van der Waals surface area (Å²) in [5.41, 5.74) is 0.816. The molecule has 2 N–H and O–H groups in total. The van der Waals surface area contributed by atoms with Crippen molar-refractivity contribution in [2.45, 2.75) is 13.0 Å². The van der Waals surface area contributed by atoms with Crippen molar-refractivity contribution in [3.8, 4) is 0 Å². The maximum atomic E-state index is 10.7. The number of nitro groups is 1. The Balaban J connectivity index is 2.21. The molecule has 0 spiro atoms. The molecule has 1 atom stereocenters. The number of aromatic amines is 1. The monoisotopic (exact) mass is 267 g/mol. The highest BCUT2D eigenvalue weighted by Crippen LogP contribution is 2.23.